The smallest absolute Gasteiger partial charge is 0.242 e. The Bertz CT molecular complexity index is 476. The highest BCUT2D eigenvalue weighted by Crippen LogP contribution is 2.26. The quantitative estimate of drug-likeness (QED) is 0.869. The number of benzene rings is 1. The highest BCUT2D eigenvalue weighted by atomic mass is 79.9. The van der Waals surface area contributed by atoms with E-state index in [4.69, 9.17) is 0 Å². The summed E-state index contributed by atoms with van der Waals surface area (Å²) in [5.41, 5.74) is 1.59. The monoisotopic (exact) mass is 310 g/mol. The van der Waals surface area contributed by atoms with Gasteiger partial charge in [0.2, 0.25) is 5.91 Å². The van der Waals surface area contributed by atoms with Gasteiger partial charge in [-0.1, -0.05) is 6.92 Å². The molecule has 0 saturated carbocycles. The molecule has 1 atom stereocenters. The molecule has 1 aromatic rings. The number of hydrogen-bond donors (Lipinski definition) is 1. The molecule has 1 N–H and O–H groups in total. The van der Waals surface area contributed by atoms with Crippen LogP contribution in [0.5, 0.6) is 0 Å². The van der Waals surface area contributed by atoms with E-state index in [1.54, 1.807) is 6.07 Å². The maximum Gasteiger partial charge on any atom is 0.242 e. The number of rotatable bonds is 3. The maximum atomic E-state index is 11.8. The second-order valence-electron chi connectivity index (χ2n) is 4.23. The van der Waals surface area contributed by atoms with Gasteiger partial charge in [0, 0.05) is 28.8 Å². The van der Waals surface area contributed by atoms with E-state index in [1.807, 2.05) is 19.1 Å². The zero-order valence-corrected chi connectivity index (χ0v) is 11.7. The number of anilines is 1. The fourth-order valence-electron chi connectivity index (χ4n) is 2.22. The van der Waals surface area contributed by atoms with Crippen LogP contribution in [0.1, 0.15) is 23.7 Å². The number of piperazine rings is 1. The third-order valence-electron chi connectivity index (χ3n) is 3.16. The summed E-state index contributed by atoms with van der Waals surface area (Å²) >= 11 is 3.37. The van der Waals surface area contributed by atoms with Crippen LogP contribution < -0.4 is 10.2 Å². The Kier molecular flexibility index (Phi) is 4.01. The summed E-state index contributed by atoms with van der Waals surface area (Å²) in [4.78, 5) is 24.7. The first-order chi connectivity index (χ1) is 8.67. The SMILES string of the molecule is CCC1C(=O)NCCN1c1ccc(C=O)c(Br)c1. The Morgan fingerprint density at radius 2 is 2.33 bits per heavy atom. The first-order valence-corrected chi connectivity index (χ1v) is 6.75. The van der Waals surface area contributed by atoms with Crippen molar-refractivity contribution in [2.75, 3.05) is 18.0 Å². The zero-order chi connectivity index (χ0) is 13.1. The van der Waals surface area contributed by atoms with E-state index in [-0.39, 0.29) is 11.9 Å². The second kappa shape index (κ2) is 5.52. The molecule has 18 heavy (non-hydrogen) atoms. The van der Waals surface area contributed by atoms with E-state index in [0.717, 1.165) is 29.4 Å². The minimum Gasteiger partial charge on any atom is -0.358 e. The van der Waals surface area contributed by atoms with Crippen LogP contribution in [0.15, 0.2) is 22.7 Å². The molecule has 1 aliphatic heterocycles. The Morgan fingerprint density at radius 1 is 1.56 bits per heavy atom. The maximum absolute atomic E-state index is 11.8. The van der Waals surface area contributed by atoms with Gasteiger partial charge in [-0.2, -0.15) is 0 Å². The lowest BCUT2D eigenvalue weighted by molar-refractivity contribution is -0.123. The standard InChI is InChI=1S/C13H15BrN2O2/c1-2-12-13(18)15-5-6-16(12)10-4-3-9(8-17)11(14)7-10/h3-4,7-8,12H,2,5-6H2,1H3,(H,15,18). The van der Waals surface area contributed by atoms with Crippen molar-refractivity contribution < 1.29 is 9.59 Å². The molecule has 1 aromatic carbocycles. The summed E-state index contributed by atoms with van der Waals surface area (Å²) < 4.78 is 0.760. The van der Waals surface area contributed by atoms with Crippen molar-refractivity contribution in [1.29, 1.82) is 0 Å². The number of carbonyl (C=O) groups is 2. The molecule has 0 spiro atoms. The van der Waals surface area contributed by atoms with Crippen molar-refractivity contribution in [2.45, 2.75) is 19.4 Å². The van der Waals surface area contributed by atoms with Crippen LogP contribution in [0, 0.1) is 0 Å². The first kappa shape index (κ1) is 13.1. The molecule has 1 fully saturated rings. The molecule has 5 heteroatoms. The Balaban J connectivity index is 2.32. The molecule has 0 aliphatic carbocycles. The minimum absolute atomic E-state index is 0.0688. The number of hydrogen-bond acceptors (Lipinski definition) is 3. The number of amides is 1. The number of nitrogens with one attached hydrogen (secondary N) is 1. The van der Waals surface area contributed by atoms with Crippen molar-refractivity contribution in [3.8, 4) is 0 Å². The number of halogens is 1. The number of aldehydes is 1. The van der Waals surface area contributed by atoms with E-state index in [9.17, 15) is 9.59 Å². The van der Waals surface area contributed by atoms with Gasteiger partial charge in [-0.25, -0.2) is 0 Å². The normalized spacial score (nSPS) is 19.6. The molecular weight excluding hydrogens is 296 g/mol. The van der Waals surface area contributed by atoms with Crippen molar-refractivity contribution in [1.82, 2.24) is 5.32 Å². The first-order valence-electron chi connectivity index (χ1n) is 5.96. The average molecular weight is 311 g/mol. The van der Waals surface area contributed by atoms with Crippen LogP contribution in [0.3, 0.4) is 0 Å². The molecule has 1 amide bonds. The Morgan fingerprint density at radius 3 is 2.94 bits per heavy atom. The summed E-state index contributed by atoms with van der Waals surface area (Å²) in [6, 6.07) is 5.42. The van der Waals surface area contributed by atoms with Gasteiger partial charge >= 0.3 is 0 Å². The van der Waals surface area contributed by atoms with Crippen molar-refractivity contribution in [3.63, 3.8) is 0 Å². The van der Waals surface area contributed by atoms with Crippen LogP contribution in [-0.4, -0.2) is 31.3 Å². The molecule has 0 aromatic heterocycles. The summed E-state index contributed by atoms with van der Waals surface area (Å²) in [6.45, 7) is 3.44. The second-order valence-corrected chi connectivity index (χ2v) is 5.09. The number of nitrogens with zero attached hydrogens (tertiary/aromatic N) is 1. The summed E-state index contributed by atoms with van der Waals surface area (Å²) in [5.74, 6) is 0.0688. The van der Waals surface area contributed by atoms with Gasteiger partial charge in [-0.05, 0) is 40.5 Å². The highest BCUT2D eigenvalue weighted by molar-refractivity contribution is 9.10. The fourth-order valence-corrected chi connectivity index (χ4v) is 2.68. The van der Waals surface area contributed by atoms with Crippen molar-refractivity contribution in [2.24, 2.45) is 0 Å². The predicted octanol–water partition coefficient (Wildman–Crippen LogP) is 1.98. The van der Waals surface area contributed by atoms with E-state index in [1.165, 1.54) is 0 Å². The van der Waals surface area contributed by atoms with Crippen molar-refractivity contribution in [3.05, 3.63) is 28.2 Å². The average Bonchev–Trinajstić information content (AvgIpc) is 2.38. The van der Waals surface area contributed by atoms with E-state index in [2.05, 4.69) is 26.1 Å². The molecular formula is C13H15BrN2O2. The summed E-state index contributed by atoms with van der Waals surface area (Å²) in [5, 5.41) is 2.87. The zero-order valence-electron chi connectivity index (χ0n) is 10.1. The molecule has 1 aliphatic rings. The van der Waals surface area contributed by atoms with Gasteiger partial charge in [-0.3, -0.25) is 9.59 Å². The van der Waals surface area contributed by atoms with Gasteiger partial charge in [0.15, 0.2) is 6.29 Å². The third kappa shape index (κ3) is 2.41. The largest absolute Gasteiger partial charge is 0.358 e. The molecule has 0 bridgehead atoms. The molecule has 1 heterocycles. The lowest BCUT2D eigenvalue weighted by atomic mass is 10.1. The molecule has 1 saturated heterocycles. The summed E-state index contributed by atoms with van der Waals surface area (Å²) in [6.07, 6.45) is 1.58. The Hall–Kier alpha value is -1.36. The van der Waals surface area contributed by atoms with Crippen LogP contribution in [-0.2, 0) is 4.79 Å². The molecule has 2 rings (SSSR count). The van der Waals surface area contributed by atoms with Crippen LogP contribution >= 0.6 is 15.9 Å². The van der Waals surface area contributed by atoms with Gasteiger partial charge in [-0.15, -0.1) is 0 Å². The van der Waals surface area contributed by atoms with E-state index in [0.29, 0.717) is 12.1 Å². The topological polar surface area (TPSA) is 49.4 Å². The van der Waals surface area contributed by atoms with E-state index >= 15 is 0 Å². The molecule has 96 valence electrons. The number of carbonyl (C=O) groups excluding carboxylic acids is 2. The fraction of sp³-hybridized carbons (Fsp3) is 0.385. The molecule has 0 radical (unpaired) electrons. The van der Waals surface area contributed by atoms with Gasteiger partial charge in [0.1, 0.15) is 6.04 Å². The van der Waals surface area contributed by atoms with Gasteiger partial charge in [0.05, 0.1) is 0 Å². The third-order valence-corrected chi connectivity index (χ3v) is 3.85. The van der Waals surface area contributed by atoms with Gasteiger partial charge < -0.3 is 10.2 Å². The Labute approximate surface area is 114 Å². The van der Waals surface area contributed by atoms with Crippen LogP contribution in [0.2, 0.25) is 0 Å². The summed E-state index contributed by atoms with van der Waals surface area (Å²) in [7, 11) is 0. The van der Waals surface area contributed by atoms with Crippen LogP contribution in [0.25, 0.3) is 0 Å². The minimum atomic E-state index is -0.132. The lowest BCUT2D eigenvalue weighted by Gasteiger charge is -2.36. The van der Waals surface area contributed by atoms with Crippen molar-refractivity contribution >= 4 is 33.8 Å². The highest BCUT2D eigenvalue weighted by Gasteiger charge is 2.28. The molecule has 1 unspecified atom stereocenters. The lowest BCUT2D eigenvalue weighted by Crippen LogP contribution is -2.55. The van der Waals surface area contributed by atoms with Gasteiger partial charge in [0.25, 0.3) is 0 Å². The predicted molar refractivity (Wildman–Crippen MR) is 74.0 cm³/mol. The van der Waals surface area contributed by atoms with E-state index < -0.39 is 0 Å². The van der Waals surface area contributed by atoms with Crippen LogP contribution in [0.4, 0.5) is 5.69 Å². The molecule has 4 nitrogen and oxygen atoms in total.